The highest BCUT2D eigenvalue weighted by Crippen LogP contribution is 2.25. The van der Waals surface area contributed by atoms with Crippen molar-refractivity contribution in [1.82, 2.24) is 9.91 Å². The zero-order chi connectivity index (χ0) is 21.4. The van der Waals surface area contributed by atoms with E-state index in [-0.39, 0.29) is 53.9 Å². The van der Waals surface area contributed by atoms with Gasteiger partial charge in [0.1, 0.15) is 11.5 Å². The van der Waals surface area contributed by atoms with Crippen LogP contribution in [-0.4, -0.2) is 46.3 Å². The molecular formula is C21H17FN4O4. The largest absolute Gasteiger partial charge is 0.321 e. The second kappa shape index (κ2) is 7.51. The van der Waals surface area contributed by atoms with E-state index in [9.17, 15) is 23.6 Å². The second-order valence-electron chi connectivity index (χ2n) is 7.01. The van der Waals surface area contributed by atoms with E-state index in [0.29, 0.717) is 11.3 Å². The molecule has 2 aliphatic rings. The molecule has 2 heterocycles. The van der Waals surface area contributed by atoms with Crippen LogP contribution >= 0.6 is 0 Å². The number of nitrogens with one attached hydrogen (secondary N) is 1. The summed E-state index contributed by atoms with van der Waals surface area (Å²) >= 11 is 0. The number of imide groups is 1. The molecule has 4 rings (SSSR count). The highest BCUT2D eigenvalue weighted by molar-refractivity contribution is 6.43. The highest BCUT2D eigenvalue weighted by Gasteiger charge is 2.33. The first-order valence-corrected chi connectivity index (χ1v) is 9.23. The van der Waals surface area contributed by atoms with Gasteiger partial charge in [-0.2, -0.15) is 5.10 Å². The topological polar surface area (TPSA) is 99.2 Å². The smallest absolute Gasteiger partial charge is 0.271 e. The Morgan fingerprint density at radius 2 is 1.73 bits per heavy atom. The van der Waals surface area contributed by atoms with Crippen molar-refractivity contribution in [2.45, 2.75) is 19.4 Å². The third kappa shape index (κ3) is 3.57. The van der Waals surface area contributed by atoms with Gasteiger partial charge >= 0.3 is 0 Å². The van der Waals surface area contributed by atoms with Gasteiger partial charge in [0, 0.05) is 25.6 Å². The predicted octanol–water partition coefficient (Wildman–Crippen LogP) is 2.17. The molecule has 4 amide bonds. The van der Waals surface area contributed by atoms with Crippen LogP contribution in [0.5, 0.6) is 0 Å². The van der Waals surface area contributed by atoms with Gasteiger partial charge in [-0.3, -0.25) is 24.1 Å². The van der Waals surface area contributed by atoms with Crippen molar-refractivity contribution in [2.24, 2.45) is 5.10 Å². The molecule has 8 nitrogen and oxygen atoms in total. The number of fused-ring (bicyclic) bond motifs is 1. The van der Waals surface area contributed by atoms with Gasteiger partial charge in [-0.1, -0.05) is 12.1 Å². The Labute approximate surface area is 171 Å². The molecule has 0 radical (unpaired) electrons. The summed E-state index contributed by atoms with van der Waals surface area (Å²) in [5, 5.41) is 8.00. The number of amides is 4. The molecule has 1 N–H and O–H groups in total. The van der Waals surface area contributed by atoms with Crippen molar-refractivity contribution < 1.29 is 23.6 Å². The summed E-state index contributed by atoms with van der Waals surface area (Å²) in [5.74, 6) is -1.94. The van der Waals surface area contributed by atoms with Crippen molar-refractivity contribution in [3.63, 3.8) is 0 Å². The molecule has 0 fully saturated rings. The summed E-state index contributed by atoms with van der Waals surface area (Å²) in [4.78, 5) is 49.9. The van der Waals surface area contributed by atoms with E-state index >= 15 is 0 Å². The number of rotatable bonds is 4. The van der Waals surface area contributed by atoms with Gasteiger partial charge in [0.05, 0.1) is 17.7 Å². The zero-order valence-corrected chi connectivity index (χ0v) is 16.0. The lowest BCUT2D eigenvalue weighted by atomic mass is 10.1. The van der Waals surface area contributed by atoms with Crippen LogP contribution in [0.1, 0.15) is 39.1 Å². The molecule has 2 aromatic rings. The fourth-order valence-electron chi connectivity index (χ4n) is 3.29. The number of nitrogens with zero attached hydrogens (tertiary/aromatic N) is 3. The fourth-order valence-corrected chi connectivity index (χ4v) is 3.29. The van der Waals surface area contributed by atoms with E-state index in [1.54, 1.807) is 12.1 Å². The molecule has 152 valence electrons. The summed E-state index contributed by atoms with van der Waals surface area (Å²) in [6.45, 7) is 0.123. The minimum atomic E-state index is -0.503. The lowest BCUT2D eigenvalue weighted by molar-refractivity contribution is -0.132. The average Bonchev–Trinajstić information content (AvgIpc) is 2.95. The SMILES string of the molecule is CN1C(=O)c2ccc(NC(=O)C3=NN(Cc4ccc(F)cc4)C(=O)CC3)cc2C1=O. The minimum Gasteiger partial charge on any atom is -0.321 e. The zero-order valence-electron chi connectivity index (χ0n) is 16.0. The van der Waals surface area contributed by atoms with Gasteiger partial charge in [0.15, 0.2) is 0 Å². The summed E-state index contributed by atoms with van der Waals surface area (Å²) < 4.78 is 13.1. The number of anilines is 1. The summed E-state index contributed by atoms with van der Waals surface area (Å²) in [6, 6.07) is 10.1. The number of hydrogen-bond donors (Lipinski definition) is 1. The number of hydrazone groups is 1. The molecule has 2 aliphatic heterocycles. The van der Waals surface area contributed by atoms with E-state index in [2.05, 4.69) is 10.4 Å². The van der Waals surface area contributed by atoms with Gasteiger partial charge in [0.2, 0.25) is 5.91 Å². The Morgan fingerprint density at radius 1 is 1.03 bits per heavy atom. The number of hydrogen-bond acceptors (Lipinski definition) is 5. The molecule has 0 spiro atoms. The van der Waals surface area contributed by atoms with Crippen molar-refractivity contribution in [2.75, 3.05) is 12.4 Å². The Bertz CT molecular complexity index is 1110. The highest BCUT2D eigenvalue weighted by atomic mass is 19.1. The molecule has 0 aliphatic carbocycles. The van der Waals surface area contributed by atoms with Crippen LogP contribution in [0.15, 0.2) is 47.6 Å². The lowest BCUT2D eigenvalue weighted by Crippen LogP contribution is -2.36. The van der Waals surface area contributed by atoms with E-state index in [4.69, 9.17) is 0 Å². The molecule has 9 heteroatoms. The molecular weight excluding hydrogens is 391 g/mol. The molecule has 0 saturated heterocycles. The number of halogens is 1. The summed E-state index contributed by atoms with van der Waals surface area (Å²) in [7, 11) is 1.40. The maximum absolute atomic E-state index is 13.1. The monoisotopic (exact) mass is 408 g/mol. The van der Waals surface area contributed by atoms with Gasteiger partial charge < -0.3 is 5.32 Å². The molecule has 0 aromatic heterocycles. The van der Waals surface area contributed by atoms with Gasteiger partial charge in [-0.15, -0.1) is 0 Å². The Morgan fingerprint density at radius 3 is 2.47 bits per heavy atom. The molecule has 0 atom stereocenters. The normalized spacial score (nSPS) is 15.9. The molecule has 0 unspecified atom stereocenters. The van der Waals surface area contributed by atoms with E-state index in [0.717, 1.165) is 4.90 Å². The standard InChI is InChI=1S/C21H17FN4O4/c1-25-20(29)15-7-6-14(10-16(15)21(25)30)23-19(28)17-8-9-18(27)26(24-17)11-12-2-4-13(22)5-3-12/h2-7,10H,8-9,11H2,1H3,(H,23,28). The van der Waals surface area contributed by atoms with Crippen molar-refractivity contribution in [3.8, 4) is 0 Å². The van der Waals surface area contributed by atoms with Crippen LogP contribution < -0.4 is 5.32 Å². The first kappa shape index (κ1) is 19.4. The van der Waals surface area contributed by atoms with Crippen LogP contribution in [0.3, 0.4) is 0 Å². The van der Waals surface area contributed by atoms with E-state index in [1.165, 1.54) is 42.4 Å². The van der Waals surface area contributed by atoms with Crippen LogP contribution in [0.2, 0.25) is 0 Å². The third-order valence-corrected chi connectivity index (χ3v) is 4.96. The molecule has 30 heavy (non-hydrogen) atoms. The van der Waals surface area contributed by atoms with Crippen molar-refractivity contribution >= 4 is 35.0 Å². The average molecular weight is 408 g/mol. The Hall–Kier alpha value is -3.88. The maximum atomic E-state index is 13.1. The first-order valence-electron chi connectivity index (χ1n) is 9.23. The predicted molar refractivity (Wildman–Crippen MR) is 105 cm³/mol. The fraction of sp³-hybridized carbons (Fsp3) is 0.190. The maximum Gasteiger partial charge on any atom is 0.271 e. The lowest BCUT2D eigenvalue weighted by Gasteiger charge is -2.23. The number of benzene rings is 2. The van der Waals surface area contributed by atoms with Crippen molar-refractivity contribution in [3.05, 3.63) is 65.0 Å². The van der Waals surface area contributed by atoms with Gasteiger partial charge in [-0.05, 0) is 35.9 Å². The Balaban J connectivity index is 1.50. The van der Waals surface area contributed by atoms with Gasteiger partial charge in [-0.25, -0.2) is 9.40 Å². The number of carbonyl (C=O) groups is 4. The minimum absolute atomic E-state index is 0.120. The number of carbonyl (C=O) groups excluding carboxylic acids is 4. The molecule has 2 aromatic carbocycles. The third-order valence-electron chi connectivity index (χ3n) is 4.96. The molecule has 0 bridgehead atoms. The van der Waals surface area contributed by atoms with Crippen LogP contribution in [0, 0.1) is 5.82 Å². The molecule has 0 saturated carbocycles. The van der Waals surface area contributed by atoms with E-state index in [1.807, 2.05) is 0 Å². The van der Waals surface area contributed by atoms with Crippen LogP contribution in [-0.2, 0) is 16.1 Å². The summed E-state index contributed by atoms with van der Waals surface area (Å²) in [6.07, 6.45) is 0.297. The Kier molecular flexibility index (Phi) is 4.86. The van der Waals surface area contributed by atoms with E-state index < -0.39 is 11.8 Å². The second-order valence-corrected chi connectivity index (χ2v) is 7.01. The van der Waals surface area contributed by atoms with Crippen LogP contribution in [0.25, 0.3) is 0 Å². The van der Waals surface area contributed by atoms with Gasteiger partial charge in [0.25, 0.3) is 17.7 Å². The first-order chi connectivity index (χ1) is 14.3. The van der Waals surface area contributed by atoms with Crippen LogP contribution in [0.4, 0.5) is 10.1 Å². The summed E-state index contributed by atoms with van der Waals surface area (Å²) in [5.41, 5.74) is 1.70. The van der Waals surface area contributed by atoms with Crippen molar-refractivity contribution in [1.29, 1.82) is 0 Å². The quantitative estimate of drug-likeness (QED) is 0.784.